The second-order valence-corrected chi connectivity index (χ2v) is 18.9. The largest absolute Gasteiger partial charge is 0.494 e. The minimum atomic E-state index is -5.15. The number of phosphoric acid groups is 1. The summed E-state index contributed by atoms with van der Waals surface area (Å²) in [7, 11) is -3.71. The number of primary amides is 1. The minimum absolute atomic E-state index is 0.0967. The van der Waals surface area contributed by atoms with Crippen LogP contribution in [0.2, 0.25) is 0 Å². The van der Waals surface area contributed by atoms with Gasteiger partial charge in [0.15, 0.2) is 0 Å². The number of benzene rings is 1. The number of nitrogens with two attached hydrogens (primary N) is 1. The number of likely N-dealkylation sites (tertiary alicyclic amines) is 1. The average molecular weight is 1030 g/mol. The van der Waals surface area contributed by atoms with Crippen molar-refractivity contribution in [3.63, 3.8) is 0 Å². The Kier molecular flexibility index (Phi) is 21.4. The van der Waals surface area contributed by atoms with Crippen LogP contribution < -0.4 is 31.7 Å². The fourth-order valence-corrected chi connectivity index (χ4v) is 8.80. The number of rotatable bonds is 28. The molecule has 0 saturated carbocycles. The topological polar surface area (TPSA) is 364 Å². The molecule has 1 aliphatic rings. The molecule has 72 heavy (non-hydrogen) atoms. The van der Waals surface area contributed by atoms with Gasteiger partial charge in [-0.15, -0.1) is 0 Å². The summed E-state index contributed by atoms with van der Waals surface area (Å²) in [5.74, 6) is -4.78. The van der Waals surface area contributed by atoms with Crippen LogP contribution in [-0.4, -0.2) is 144 Å². The highest BCUT2D eigenvalue weighted by atomic mass is 31.2. The fourth-order valence-electron chi connectivity index (χ4n) is 8.24. The number of imidazole rings is 1. The van der Waals surface area contributed by atoms with Crippen molar-refractivity contribution in [2.45, 2.75) is 129 Å². The van der Waals surface area contributed by atoms with Gasteiger partial charge in [0.05, 0.1) is 49.0 Å². The highest BCUT2D eigenvalue weighted by Crippen LogP contribution is 2.38. The molecular weight excluding hydrogens is 966 g/mol. The second kappa shape index (κ2) is 26.6. The summed E-state index contributed by atoms with van der Waals surface area (Å²) in [5, 5.41) is 35.6. The van der Waals surface area contributed by atoms with Gasteiger partial charge in [-0.2, -0.15) is 0 Å². The molecule has 0 spiro atoms. The molecule has 0 unspecified atom stereocenters. The predicted molar refractivity (Wildman–Crippen MR) is 258 cm³/mol. The molecule has 6 atom stereocenters. The molecule has 9 N–H and O–H groups in total. The van der Waals surface area contributed by atoms with Crippen LogP contribution in [-0.2, 0) is 55.7 Å². The van der Waals surface area contributed by atoms with Crippen molar-refractivity contribution in [3.8, 4) is 11.4 Å². The number of methoxy groups -OCH3 is 1. The first-order valence-corrected chi connectivity index (χ1v) is 24.8. The van der Waals surface area contributed by atoms with Crippen LogP contribution in [0.5, 0.6) is 5.75 Å². The predicted octanol–water partition coefficient (Wildman–Crippen LogP) is 0.943. The molecule has 27 heteroatoms. The van der Waals surface area contributed by atoms with Crippen molar-refractivity contribution in [2.24, 2.45) is 16.8 Å². The van der Waals surface area contributed by atoms with E-state index in [1.165, 1.54) is 43.6 Å². The summed E-state index contributed by atoms with van der Waals surface area (Å²) in [6, 6.07) is -0.720. The van der Waals surface area contributed by atoms with Crippen LogP contribution in [0.15, 0.2) is 41.9 Å². The zero-order valence-corrected chi connectivity index (χ0v) is 42.2. The van der Waals surface area contributed by atoms with Gasteiger partial charge in [0.2, 0.25) is 35.4 Å². The zero-order chi connectivity index (χ0) is 53.4. The van der Waals surface area contributed by atoms with E-state index >= 15 is 0 Å². The number of oxime groups is 1. The van der Waals surface area contributed by atoms with E-state index in [9.17, 15) is 58.3 Å². The van der Waals surface area contributed by atoms with Crippen molar-refractivity contribution in [3.05, 3.63) is 69.5 Å². The highest BCUT2D eigenvalue weighted by Gasteiger charge is 2.37. The molecule has 396 valence electrons. The molecule has 0 aliphatic carbocycles. The van der Waals surface area contributed by atoms with E-state index in [2.05, 4.69) is 35.9 Å². The number of nitro benzene ring substituents is 1. The number of carbonyl (C=O) groups is 6. The average Bonchev–Trinajstić information content (AvgIpc) is 4.05. The number of aromatic nitrogens is 3. The molecule has 4 rings (SSSR count). The molecular formula is C45H66N11O15P. The van der Waals surface area contributed by atoms with Crippen LogP contribution >= 0.6 is 7.82 Å². The Bertz CT molecular complexity index is 2490. The van der Waals surface area contributed by atoms with Crippen LogP contribution in [0.25, 0.3) is 5.69 Å². The highest BCUT2D eigenvalue weighted by molar-refractivity contribution is 7.46. The molecule has 3 aromatic rings. The van der Waals surface area contributed by atoms with Gasteiger partial charge < -0.3 is 65.5 Å². The van der Waals surface area contributed by atoms with Gasteiger partial charge in [0.25, 0.3) is 5.69 Å². The molecule has 1 aromatic carbocycles. The summed E-state index contributed by atoms with van der Waals surface area (Å²) in [6.07, 6.45) is 5.80. The van der Waals surface area contributed by atoms with Crippen LogP contribution in [0, 0.1) is 29.9 Å². The lowest BCUT2D eigenvalue weighted by molar-refractivity contribution is -0.384. The zero-order valence-electron chi connectivity index (χ0n) is 41.3. The summed E-state index contributed by atoms with van der Waals surface area (Å²) in [4.78, 5) is 120. The van der Waals surface area contributed by atoms with Gasteiger partial charge in [-0.1, -0.05) is 19.0 Å². The van der Waals surface area contributed by atoms with Crippen LogP contribution in [0.1, 0.15) is 88.9 Å². The summed E-state index contributed by atoms with van der Waals surface area (Å²) in [6.45, 7) is 9.88. The summed E-state index contributed by atoms with van der Waals surface area (Å²) < 4.78 is 25.0. The lowest BCUT2D eigenvalue weighted by Gasteiger charge is -2.28. The standard InChI is InChI=1S/C45H66N11O15P/c1-26(2)18-34(50-45(63)38-12-11-16-54(38)30(6)58)42(60)49-35(43(61)51-36(24-57)44(62)52-40(41(46)59)29(5)71-72(66,67)68)20-33-23-47-25-53(33)15-9-8-10-17-70-48-22-31-19-27(3)55(28(31)4)37-14-13-32(56(64)65)21-39(37)69-7/h13-14,19,21-23,25-26,29,34-36,38,40,57H,8-12,15-18,20,24H2,1-7H3,(H2,46,59)(H,49,60)(H,50,63)(H,51,61)(H,52,62)(H2,66,67,68)/b48-22+/t29-,34+,35+,36+,38+,40+/m1/s1. The number of phosphoric ester groups is 1. The van der Waals surface area contributed by atoms with Crippen molar-refractivity contribution in [1.82, 2.24) is 40.3 Å². The minimum Gasteiger partial charge on any atom is -0.494 e. The third kappa shape index (κ3) is 16.4. The number of carbonyl (C=O) groups excluding carboxylic acids is 6. The SMILES string of the molecule is COc1cc([N+](=O)[O-])ccc1-n1c(C)cc(/C=N/OCCCCCn2cncc2C[C@H](NC(=O)[C@H](CC(C)C)NC(=O)[C@@H]2CCCN2C(C)=O)C(=O)N[C@@H](CO)C(=O)N[C@H](C(N)=O)[C@@H](C)OP(=O)(O)O)c1C. The van der Waals surface area contributed by atoms with Gasteiger partial charge >= 0.3 is 7.82 Å². The molecule has 0 radical (unpaired) electrons. The molecule has 1 aliphatic heterocycles. The van der Waals surface area contributed by atoms with Gasteiger partial charge in [0.1, 0.15) is 42.6 Å². The lowest BCUT2D eigenvalue weighted by atomic mass is 10.0. The Morgan fingerprint density at radius 1 is 1.00 bits per heavy atom. The number of aliphatic hydroxyl groups is 1. The van der Waals surface area contributed by atoms with E-state index in [-0.39, 0.29) is 37.0 Å². The summed E-state index contributed by atoms with van der Waals surface area (Å²) >= 11 is 0. The number of nitrogens with zero attached hydrogens (tertiary/aromatic N) is 6. The summed E-state index contributed by atoms with van der Waals surface area (Å²) in [5.41, 5.74) is 8.79. The first-order chi connectivity index (χ1) is 34.0. The van der Waals surface area contributed by atoms with E-state index in [1.54, 1.807) is 16.8 Å². The molecule has 1 saturated heterocycles. The quantitative estimate of drug-likeness (QED) is 0.0165. The maximum atomic E-state index is 14.1. The maximum absolute atomic E-state index is 14.1. The van der Waals surface area contributed by atoms with E-state index in [0.717, 1.165) is 23.9 Å². The Morgan fingerprint density at radius 2 is 1.68 bits per heavy atom. The van der Waals surface area contributed by atoms with Crippen LogP contribution in [0.4, 0.5) is 5.69 Å². The van der Waals surface area contributed by atoms with Gasteiger partial charge in [-0.05, 0) is 77.3 Å². The Labute approximate surface area is 415 Å². The van der Waals surface area contributed by atoms with Gasteiger partial charge in [-0.3, -0.25) is 43.4 Å². The van der Waals surface area contributed by atoms with E-state index in [4.69, 9.17) is 15.3 Å². The maximum Gasteiger partial charge on any atom is 0.469 e. The first-order valence-electron chi connectivity index (χ1n) is 23.2. The smallest absolute Gasteiger partial charge is 0.469 e. The van der Waals surface area contributed by atoms with E-state index in [1.807, 2.05) is 38.3 Å². The van der Waals surface area contributed by atoms with Crippen molar-refractivity contribution in [1.29, 1.82) is 0 Å². The van der Waals surface area contributed by atoms with Crippen molar-refractivity contribution >= 4 is 55.2 Å². The number of nitrogens with one attached hydrogen (secondary N) is 4. The Morgan fingerprint density at radius 3 is 2.31 bits per heavy atom. The van der Waals surface area contributed by atoms with Gasteiger partial charge in [0, 0.05) is 61.3 Å². The number of nitro groups is 1. The number of hydrogen-bond donors (Lipinski definition) is 8. The van der Waals surface area contributed by atoms with Crippen molar-refractivity contribution < 1.29 is 67.2 Å². The van der Waals surface area contributed by atoms with E-state index < -0.39 is 85.2 Å². The number of hydrogen-bond acceptors (Lipinski definition) is 15. The third-order valence-corrected chi connectivity index (χ3v) is 12.4. The second-order valence-electron chi connectivity index (χ2n) is 17.7. The molecule has 26 nitrogen and oxygen atoms in total. The monoisotopic (exact) mass is 1030 g/mol. The number of unbranched alkanes of at least 4 members (excludes halogenated alkanes) is 2. The third-order valence-electron chi connectivity index (χ3n) is 11.8. The first kappa shape index (κ1) is 57.8. The Hall–Kier alpha value is -6.73. The fraction of sp³-hybridized carbons (Fsp3) is 0.556. The lowest BCUT2D eigenvalue weighted by Crippen LogP contribution is -2.61. The number of amides is 6. The van der Waals surface area contributed by atoms with Crippen molar-refractivity contribution in [2.75, 3.05) is 26.9 Å². The normalized spacial score (nSPS) is 15.9. The number of aryl methyl sites for hydroxylation is 2. The van der Waals surface area contributed by atoms with E-state index in [0.29, 0.717) is 62.3 Å². The molecule has 3 heterocycles. The molecule has 2 aromatic heterocycles. The number of ether oxygens (including phenoxy) is 1. The number of aliphatic hydroxyl groups excluding tert-OH is 1. The molecule has 6 amide bonds. The number of non-ortho nitro benzene ring substituents is 1. The Balaban J connectivity index is 1.45. The molecule has 1 fully saturated rings. The van der Waals surface area contributed by atoms with Crippen LogP contribution in [0.3, 0.4) is 0 Å². The van der Waals surface area contributed by atoms with Gasteiger partial charge in [-0.25, -0.2) is 9.55 Å². The molecule has 0 bridgehead atoms.